The number of rotatable bonds is 7. The normalized spacial score (nSPS) is 22.7. The quantitative estimate of drug-likeness (QED) is 0.743. The molecule has 4 nitrogen and oxygen atoms in total. The molecule has 1 aromatic rings. The van der Waals surface area contributed by atoms with E-state index < -0.39 is 21.6 Å². The minimum atomic E-state index is -3.60. The Morgan fingerprint density at radius 1 is 1.29 bits per heavy atom. The molecule has 24 heavy (non-hydrogen) atoms. The molecule has 1 heterocycles. The highest BCUT2D eigenvalue weighted by atomic mass is 35.5. The number of piperidine rings is 1. The van der Waals surface area contributed by atoms with Crippen LogP contribution in [0.2, 0.25) is 5.02 Å². The van der Waals surface area contributed by atoms with E-state index in [-0.39, 0.29) is 10.6 Å². The fourth-order valence-corrected chi connectivity index (χ4v) is 4.96. The number of nitrogens with one attached hydrogen (secondary N) is 1. The van der Waals surface area contributed by atoms with E-state index in [4.69, 9.17) is 11.6 Å². The average Bonchev–Trinajstić information content (AvgIpc) is 2.47. The summed E-state index contributed by atoms with van der Waals surface area (Å²) in [5, 5.41) is 0.136. The first kappa shape index (κ1) is 19.6. The van der Waals surface area contributed by atoms with Crippen LogP contribution in [0.3, 0.4) is 0 Å². The summed E-state index contributed by atoms with van der Waals surface area (Å²) in [6.45, 7) is 7.88. The monoisotopic (exact) mass is 376 g/mol. The highest BCUT2D eigenvalue weighted by molar-refractivity contribution is 7.88. The SMILES string of the molecule is C[C@H]1C[C@H](C)CN(CCCNS(=O)(=O)Cc2c(F)cccc2Cl)C1. The maximum Gasteiger partial charge on any atom is 0.215 e. The molecule has 2 rings (SSSR count). The van der Waals surface area contributed by atoms with Crippen LogP contribution in [0.15, 0.2) is 18.2 Å². The van der Waals surface area contributed by atoms with Crippen molar-refractivity contribution in [2.24, 2.45) is 11.8 Å². The van der Waals surface area contributed by atoms with Crippen LogP contribution >= 0.6 is 11.6 Å². The molecule has 1 aliphatic rings. The minimum absolute atomic E-state index is 0.0188. The van der Waals surface area contributed by atoms with Crippen molar-refractivity contribution in [3.8, 4) is 0 Å². The smallest absolute Gasteiger partial charge is 0.215 e. The fourth-order valence-electron chi connectivity index (χ4n) is 3.42. The van der Waals surface area contributed by atoms with E-state index in [9.17, 15) is 12.8 Å². The van der Waals surface area contributed by atoms with Crippen molar-refractivity contribution < 1.29 is 12.8 Å². The lowest BCUT2D eigenvalue weighted by Gasteiger charge is -2.34. The zero-order valence-corrected chi connectivity index (χ0v) is 15.8. The summed E-state index contributed by atoms with van der Waals surface area (Å²) < 4.78 is 40.5. The van der Waals surface area contributed by atoms with Crippen LogP contribution in [0.4, 0.5) is 4.39 Å². The number of hydrogen-bond donors (Lipinski definition) is 1. The Morgan fingerprint density at radius 2 is 1.96 bits per heavy atom. The highest BCUT2D eigenvalue weighted by Gasteiger charge is 2.21. The molecule has 1 N–H and O–H groups in total. The van der Waals surface area contributed by atoms with Gasteiger partial charge in [0, 0.05) is 30.2 Å². The van der Waals surface area contributed by atoms with Gasteiger partial charge in [-0.15, -0.1) is 0 Å². The van der Waals surface area contributed by atoms with Crippen molar-refractivity contribution >= 4 is 21.6 Å². The molecular formula is C17H26ClFN2O2S. The van der Waals surface area contributed by atoms with E-state index in [0.29, 0.717) is 18.4 Å². The Bertz CT molecular complexity index is 624. The molecule has 0 spiro atoms. The zero-order valence-electron chi connectivity index (χ0n) is 14.3. The van der Waals surface area contributed by atoms with Crippen LogP contribution in [0.25, 0.3) is 0 Å². The Morgan fingerprint density at radius 3 is 2.58 bits per heavy atom. The van der Waals surface area contributed by atoms with E-state index in [1.165, 1.54) is 24.6 Å². The third-order valence-corrected chi connectivity index (χ3v) is 5.98. The summed E-state index contributed by atoms with van der Waals surface area (Å²) in [6, 6.07) is 4.17. The van der Waals surface area contributed by atoms with Crippen molar-refractivity contribution in [3.63, 3.8) is 0 Å². The van der Waals surface area contributed by atoms with Gasteiger partial charge in [-0.25, -0.2) is 17.5 Å². The van der Waals surface area contributed by atoms with E-state index in [1.54, 1.807) is 0 Å². The molecule has 0 amide bonds. The Hall–Kier alpha value is -0.690. The van der Waals surface area contributed by atoms with Crippen LogP contribution in [-0.2, 0) is 15.8 Å². The molecule has 136 valence electrons. The summed E-state index contributed by atoms with van der Waals surface area (Å²) in [6.07, 6.45) is 2.00. The molecule has 1 aliphatic heterocycles. The maximum absolute atomic E-state index is 13.7. The second kappa shape index (κ2) is 8.61. The number of hydrogen-bond acceptors (Lipinski definition) is 3. The molecule has 0 aliphatic carbocycles. The van der Waals surface area contributed by atoms with Crippen molar-refractivity contribution in [2.75, 3.05) is 26.2 Å². The Labute approximate surface area is 149 Å². The largest absolute Gasteiger partial charge is 0.303 e. The average molecular weight is 377 g/mol. The van der Waals surface area contributed by atoms with Crippen LogP contribution in [0, 0.1) is 17.7 Å². The lowest BCUT2D eigenvalue weighted by atomic mass is 9.92. The lowest BCUT2D eigenvalue weighted by molar-refractivity contribution is 0.140. The number of benzene rings is 1. The number of sulfonamides is 1. The fraction of sp³-hybridized carbons (Fsp3) is 0.647. The molecule has 1 saturated heterocycles. The van der Waals surface area contributed by atoms with Crippen molar-refractivity contribution in [1.82, 2.24) is 9.62 Å². The van der Waals surface area contributed by atoms with Crippen molar-refractivity contribution in [3.05, 3.63) is 34.6 Å². The molecule has 1 aromatic carbocycles. The van der Waals surface area contributed by atoms with Gasteiger partial charge in [0.2, 0.25) is 10.0 Å². The summed E-state index contributed by atoms with van der Waals surface area (Å²) in [4.78, 5) is 2.39. The van der Waals surface area contributed by atoms with Gasteiger partial charge in [0.05, 0.1) is 5.75 Å². The summed E-state index contributed by atoms with van der Waals surface area (Å²) in [7, 11) is -3.60. The van der Waals surface area contributed by atoms with Crippen LogP contribution in [0.5, 0.6) is 0 Å². The van der Waals surface area contributed by atoms with Gasteiger partial charge in [-0.2, -0.15) is 0 Å². The van der Waals surface area contributed by atoms with Gasteiger partial charge < -0.3 is 4.90 Å². The second-order valence-corrected chi connectivity index (χ2v) is 9.13. The standard InChI is InChI=1S/C17H26ClFN2O2S/c1-13-9-14(2)11-21(10-13)8-4-7-20-24(22,23)12-15-16(18)5-3-6-17(15)19/h3,5-6,13-14,20H,4,7-12H2,1-2H3/t13-,14-/m0/s1. The molecule has 0 bridgehead atoms. The number of nitrogens with zero attached hydrogens (tertiary/aromatic N) is 1. The van der Waals surface area contributed by atoms with Gasteiger partial charge >= 0.3 is 0 Å². The highest BCUT2D eigenvalue weighted by Crippen LogP contribution is 2.22. The lowest BCUT2D eigenvalue weighted by Crippen LogP contribution is -2.40. The summed E-state index contributed by atoms with van der Waals surface area (Å²) in [5.74, 6) is 0.350. The molecular weight excluding hydrogens is 351 g/mol. The molecule has 0 unspecified atom stereocenters. The molecule has 0 aromatic heterocycles. The summed E-state index contributed by atoms with van der Waals surface area (Å²) >= 11 is 5.89. The number of halogens is 2. The molecule has 0 saturated carbocycles. The van der Waals surface area contributed by atoms with E-state index in [2.05, 4.69) is 23.5 Å². The van der Waals surface area contributed by atoms with Gasteiger partial charge in [-0.3, -0.25) is 0 Å². The first-order valence-electron chi connectivity index (χ1n) is 8.39. The minimum Gasteiger partial charge on any atom is -0.303 e. The van der Waals surface area contributed by atoms with Crippen LogP contribution in [0.1, 0.15) is 32.3 Å². The van der Waals surface area contributed by atoms with Crippen molar-refractivity contribution in [1.29, 1.82) is 0 Å². The topological polar surface area (TPSA) is 49.4 Å². The molecule has 2 atom stereocenters. The van der Waals surface area contributed by atoms with Gasteiger partial charge in [-0.05, 0) is 43.4 Å². The first-order valence-corrected chi connectivity index (χ1v) is 10.4. The third-order valence-electron chi connectivity index (χ3n) is 4.31. The predicted octanol–water partition coefficient (Wildman–Crippen LogP) is 3.27. The Balaban J connectivity index is 1.79. The molecule has 0 radical (unpaired) electrons. The van der Waals surface area contributed by atoms with Crippen LogP contribution < -0.4 is 4.72 Å². The van der Waals surface area contributed by atoms with Gasteiger partial charge in [-0.1, -0.05) is 31.5 Å². The molecule has 7 heteroatoms. The van der Waals surface area contributed by atoms with Gasteiger partial charge in [0.1, 0.15) is 5.82 Å². The third kappa shape index (κ3) is 5.99. The molecule has 1 fully saturated rings. The zero-order chi connectivity index (χ0) is 17.7. The predicted molar refractivity (Wildman–Crippen MR) is 96.0 cm³/mol. The van der Waals surface area contributed by atoms with Crippen LogP contribution in [-0.4, -0.2) is 39.5 Å². The maximum atomic E-state index is 13.7. The Kier molecular flexibility index (Phi) is 7.04. The second-order valence-electron chi connectivity index (χ2n) is 6.91. The van der Waals surface area contributed by atoms with Gasteiger partial charge in [0.15, 0.2) is 0 Å². The summed E-state index contributed by atoms with van der Waals surface area (Å²) in [5.41, 5.74) is 0.0188. The van der Waals surface area contributed by atoms with E-state index >= 15 is 0 Å². The van der Waals surface area contributed by atoms with Gasteiger partial charge in [0.25, 0.3) is 0 Å². The van der Waals surface area contributed by atoms with Crippen molar-refractivity contribution in [2.45, 2.75) is 32.4 Å². The van der Waals surface area contributed by atoms with E-state index in [1.807, 2.05) is 0 Å². The first-order chi connectivity index (χ1) is 11.3. The number of likely N-dealkylation sites (tertiary alicyclic amines) is 1. The van der Waals surface area contributed by atoms with E-state index in [0.717, 1.165) is 26.1 Å².